The van der Waals surface area contributed by atoms with Crippen LogP contribution in [0.3, 0.4) is 0 Å². The van der Waals surface area contributed by atoms with Gasteiger partial charge in [-0.05, 0) is 31.1 Å². The minimum atomic E-state index is -0.305. The first-order valence-corrected chi connectivity index (χ1v) is 5.24. The first kappa shape index (κ1) is 13.4. The highest BCUT2D eigenvalue weighted by atomic mass is 19.1. The van der Waals surface area contributed by atoms with Crippen LogP contribution in [0, 0.1) is 0 Å². The Kier molecular flexibility index (Phi) is 5.70. The Hall–Kier alpha value is -0.630. The first-order valence-electron chi connectivity index (χ1n) is 5.24. The smallest absolute Gasteiger partial charge is 0.122 e. The van der Waals surface area contributed by atoms with Gasteiger partial charge < -0.3 is 4.74 Å². The topological polar surface area (TPSA) is 9.23 Å². The maximum atomic E-state index is 13.1. The van der Waals surface area contributed by atoms with Crippen LogP contribution in [0.25, 0.3) is 0 Å². The van der Waals surface area contributed by atoms with E-state index in [1.807, 2.05) is 33.8 Å². The van der Waals surface area contributed by atoms with E-state index in [0.29, 0.717) is 6.42 Å². The van der Waals surface area contributed by atoms with Gasteiger partial charge in [0, 0.05) is 13.5 Å². The Morgan fingerprint density at radius 1 is 1.50 bits per heavy atom. The Morgan fingerprint density at radius 3 is 2.50 bits per heavy atom. The Bertz CT molecular complexity index is 230. The van der Waals surface area contributed by atoms with Gasteiger partial charge in [0.05, 0.1) is 5.60 Å². The number of rotatable bonds is 2. The van der Waals surface area contributed by atoms with Crippen LogP contribution in [-0.4, -0.2) is 12.7 Å². The average molecular weight is 200 g/mol. The first-order chi connectivity index (χ1) is 6.61. The molecule has 0 saturated carbocycles. The van der Waals surface area contributed by atoms with Gasteiger partial charge in [0.2, 0.25) is 0 Å². The summed E-state index contributed by atoms with van der Waals surface area (Å²) in [5.41, 5.74) is 0.451. The van der Waals surface area contributed by atoms with Crippen LogP contribution in [0.2, 0.25) is 0 Å². The molecule has 0 radical (unpaired) electrons. The van der Waals surface area contributed by atoms with E-state index in [-0.39, 0.29) is 11.4 Å². The monoisotopic (exact) mass is 200 g/mol. The summed E-state index contributed by atoms with van der Waals surface area (Å²) in [7, 11) is 1.65. The molecule has 0 aromatic rings. The summed E-state index contributed by atoms with van der Waals surface area (Å²) < 4.78 is 18.3. The molecule has 14 heavy (non-hydrogen) atoms. The van der Waals surface area contributed by atoms with Crippen molar-refractivity contribution in [2.45, 2.75) is 46.1 Å². The zero-order valence-corrected chi connectivity index (χ0v) is 9.86. The van der Waals surface area contributed by atoms with Crippen LogP contribution in [0.15, 0.2) is 23.6 Å². The van der Waals surface area contributed by atoms with Crippen molar-refractivity contribution in [3.63, 3.8) is 0 Å². The van der Waals surface area contributed by atoms with Gasteiger partial charge in [0.1, 0.15) is 5.83 Å². The molecule has 0 aromatic heterocycles. The fraction of sp³-hybridized carbons (Fsp3) is 0.667. The SMILES string of the molecule is CC.CCC1=CC(C)(OC)CC=C1F. The minimum Gasteiger partial charge on any atom is -0.374 e. The summed E-state index contributed by atoms with van der Waals surface area (Å²) in [6.45, 7) is 7.91. The fourth-order valence-corrected chi connectivity index (χ4v) is 1.33. The molecular formula is C12H21FO. The van der Waals surface area contributed by atoms with Crippen LogP contribution in [0.1, 0.15) is 40.5 Å². The third-order valence-corrected chi connectivity index (χ3v) is 2.32. The molecule has 1 atom stereocenters. The summed E-state index contributed by atoms with van der Waals surface area (Å²) >= 11 is 0. The van der Waals surface area contributed by atoms with E-state index in [9.17, 15) is 4.39 Å². The van der Waals surface area contributed by atoms with Gasteiger partial charge in [-0.15, -0.1) is 0 Å². The van der Waals surface area contributed by atoms with E-state index in [2.05, 4.69) is 0 Å². The van der Waals surface area contributed by atoms with Crippen molar-refractivity contribution in [1.82, 2.24) is 0 Å². The zero-order chi connectivity index (χ0) is 11.2. The summed E-state index contributed by atoms with van der Waals surface area (Å²) in [4.78, 5) is 0. The van der Waals surface area contributed by atoms with E-state index >= 15 is 0 Å². The van der Waals surface area contributed by atoms with E-state index in [1.165, 1.54) is 0 Å². The molecule has 2 heteroatoms. The molecule has 0 amide bonds. The lowest BCUT2D eigenvalue weighted by atomic mass is 9.91. The van der Waals surface area contributed by atoms with Crippen LogP contribution < -0.4 is 0 Å². The van der Waals surface area contributed by atoms with Crippen molar-refractivity contribution in [2.24, 2.45) is 0 Å². The Morgan fingerprint density at radius 2 is 2.07 bits per heavy atom. The minimum absolute atomic E-state index is 0.0907. The Labute approximate surface area is 86.7 Å². The molecule has 1 unspecified atom stereocenters. The number of hydrogen-bond acceptors (Lipinski definition) is 1. The van der Waals surface area contributed by atoms with Crippen molar-refractivity contribution in [3.05, 3.63) is 23.6 Å². The third-order valence-electron chi connectivity index (χ3n) is 2.32. The van der Waals surface area contributed by atoms with Gasteiger partial charge >= 0.3 is 0 Å². The highest BCUT2D eigenvalue weighted by Crippen LogP contribution is 2.30. The second-order valence-electron chi connectivity index (χ2n) is 3.30. The molecule has 82 valence electrons. The van der Waals surface area contributed by atoms with Crippen molar-refractivity contribution < 1.29 is 9.13 Å². The fourth-order valence-electron chi connectivity index (χ4n) is 1.33. The number of halogens is 1. The number of hydrogen-bond donors (Lipinski definition) is 0. The predicted molar refractivity (Wildman–Crippen MR) is 58.9 cm³/mol. The summed E-state index contributed by atoms with van der Waals surface area (Å²) in [5.74, 6) is -0.0907. The lowest BCUT2D eigenvalue weighted by molar-refractivity contribution is 0.0486. The lowest BCUT2D eigenvalue weighted by Gasteiger charge is -2.27. The van der Waals surface area contributed by atoms with E-state index < -0.39 is 0 Å². The highest BCUT2D eigenvalue weighted by Gasteiger charge is 2.24. The lowest BCUT2D eigenvalue weighted by Crippen LogP contribution is -2.26. The highest BCUT2D eigenvalue weighted by molar-refractivity contribution is 5.32. The predicted octanol–water partition coefficient (Wildman–Crippen LogP) is 4.01. The molecule has 1 rings (SSSR count). The molecule has 1 aliphatic rings. The Balaban J connectivity index is 0.000000791. The summed E-state index contributed by atoms with van der Waals surface area (Å²) in [5, 5.41) is 0. The van der Waals surface area contributed by atoms with Gasteiger partial charge in [0.25, 0.3) is 0 Å². The van der Waals surface area contributed by atoms with E-state index in [4.69, 9.17) is 4.74 Å². The quantitative estimate of drug-likeness (QED) is 0.654. The molecule has 1 aliphatic carbocycles. The van der Waals surface area contributed by atoms with Crippen molar-refractivity contribution >= 4 is 0 Å². The van der Waals surface area contributed by atoms with Crippen molar-refractivity contribution in [2.75, 3.05) is 7.11 Å². The molecule has 0 aromatic carbocycles. The number of methoxy groups -OCH3 is 1. The normalized spacial score (nSPS) is 25.9. The van der Waals surface area contributed by atoms with Crippen LogP contribution in [0.5, 0.6) is 0 Å². The van der Waals surface area contributed by atoms with Crippen molar-refractivity contribution in [1.29, 1.82) is 0 Å². The average Bonchev–Trinajstić information content (AvgIpc) is 2.25. The molecular weight excluding hydrogens is 179 g/mol. The molecule has 1 nitrogen and oxygen atoms in total. The molecule has 0 bridgehead atoms. The molecule has 0 N–H and O–H groups in total. The third kappa shape index (κ3) is 3.26. The zero-order valence-electron chi connectivity index (χ0n) is 9.86. The van der Waals surface area contributed by atoms with Gasteiger partial charge in [-0.25, -0.2) is 4.39 Å². The second-order valence-corrected chi connectivity index (χ2v) is 3.30. The van der Waals surface area contributed by atoms with Gasteiger partial charge in [-0.2, -0.15) is 0 Å². The maximum Gasteiger partial charge on any atom is 0.122 e. The van der Waals surface area contributed by atoms with Crippen LogP contribution >= 0.6 is 0 Å². The number of allylic oxidation sites excluding steroid dienone is 2. The molecule has 0 fully saturated rings. The van der Waals surface area contributed by atoms with Crippen LogP contribution in [0.4, 0.5) is 4.39 Å². The molecule has 0 saturated heterocycles. The van der Waals surface area contributed by atoms with E-state index in [0.717, 1.165) is 12.0 Å². The number of ether oxygens (including phenoxy) is 1. The standard InChI is InChI=1S/C10H15FO.C2H6/c1-4-8-7-10(2,12-3)6-5-9(8)11;1-2/h5,7H,4,6H2,1-3H3;1-2H3. The summed E-state index contributed by atoms with van der Waals surface area (Å²) in [6, 6.07) is 0. The van der Waals surface area contributed by atoms with E-state index in [1.54, 1.807) is 13.2 Å². The van der Waals surface area contributed by atoms with Gasteiger partial charge in [-0.1, -0.05) is 20.8 Å². The van der Waals surface area contributed by atoms with Gasteiger partial charge in [-0.3, -0.25) is 0 Å². The molecule has 0 heterocycles. The maximum absolute atomic E-state index is 13.1. The van der Waals surface area contributed by atoms with Crippen molar-refractivity contribution in [3.8, 4) is 0 Å². The van der Waals surface area contributed by atoms with Gasteiger partial charge in [0.15, 0.2) is 0 Å². The molecule has 0 aliphatic heterocycles. The molecule has 0 spiro atoms. The second kappa shape index (κ2) is 5.97. The van der Waals surface area contributed by atoms with Crippen LogP contribution in [-0.2, 0) is 4.74 Å². The summed E-state index contributed by atoms with van der Waals surface area (Å²) in [6.07, 6.45) is 4.82. The largest absolute Gasteiger partial charge is 0.374 e.